The molecule has 1 atom stereocenters. The lowest BCUT2D eigenvalue weighted by Crippen LogP contribution is -2.48. The number of amides is 1. The fraction of sp³-hybridized carbons (Fsp3) is 0.407. The van der Waals surface area contributed by atoms with E-state index in [0.29, 0.717) is 72.6 Å². The number of carboxylic acid groups (broad SMARTS) is 1. The molecular weight excluding hydrogens is 559 g/mol. The number of aliphatic hydroxyl groups is 1. The molecule has 2 fully saturated rings. The van der Waals surface area contributed by atoms with Crippen LogP contribution in [0.4, 0.5) is 10.7 Å². The monoisotopic (exact) mass is 588 g/mol. The first-order valence-corrected chi connectivity index (χ1v) is 13.8. The van der Waals surface area contributed by atoms with Crippen molar-refractivity contribution < 1.29 is 24.5 Å². The third-order valence-corrected chi connectivity index (χ3v) is 7.26. The Morgan fingerprint density at radius 2 is 1.73 bits per heavy atom. The Hall–Kier alpha value is -3.22. The maximum atomic E-state index is 11.2. The summed E-state index contributed by atoms with van der Waals surface area (Å²) >= 11 is 12.5. The minimum atomic E-state index is -0.919. The van der Waals surface area contributed by atoms with Gasteiger partial charge in [0, 0.05) is 67.5 Å². The van der Waals surface area contributed by atoms with Crippen molar-refractivity contribution in [3.05, 3.63) is 58.3 Å². The Kier molecular flexibility index (Phi) is 9.18. The molecule has 40 heavy (non-hydrogen) atoms. The average molecular weight is 589 g/mol. The van der Waals surface area contributed by atoms with E-state index >= 15 is 0 Å². The van der Waals surface area contributed by atoms with E-state index < -0.39 is 6.09 Å². The molecule has 212 valence electrons. The lowest BCUT2D eigenvalue weighted by molar-refractivity contribution is 0.0209. The van der Waals surface area contributed by atoms with Crippen LogP contribution in [0.15, 0.2) is 42.7 Å². The Bertz CT molecular complexity index is 1300. The van der Waals surface area contributed by atoms with Crippen molar-refractivity contribution in [3.8, 4) is 22.9 Å². The minimum absolute atomic E-state index is 0.0140. The zero-order valence-corrected chi connectivity index (χ0v) is 23.3. The Balaban J connectivity index is 1.35. The van der Waals surface area contributed by atoms with Gasteiger partial charge in [-0.05, 0) is 36.2 Å². The van der Waals surface area contributed by atoms with Crippen molar-refractivity contribution in [2.24, 2.45) is 0 Å². The van der Waals surface area contributed by atoms with Crippen LogP contribution in [0.25, 0.3) is 11.3 Å². The van der Waals surface area contributed by atoms with Gasteiger partial charge in [-0.25, -0.2) is 19.7 Å². The van der Waals surface area contributed by atoms with E-state index in [1.54, 1.807) is 30.6 Å². The molecule has 1 aromatic carbocycles. The van der Waals surface area contributed by atoms with E-state index in [0.717, 1.165) is 30.6 Å². The quantitative estimate of drug-likeness (QED) is 0.418. The molecule has 3 aromatic rings. The van der Waals surface area contributed by atoms with Crippen LogP contribution in [0.5, 0.6) is 11.6 Å². The fourth-order valence-electron chi connectivity index (χ4n) is 4.73. The molecule has 2 saturated heterocycles. The number of nitrogens with zero attached hydrogens (tertiary/aromatic N) is 6. The van der Waals surface area contributed by atoms with Crippen LogP contribution >= 0.6 is 23.2 Å². The second kappa shape index (κ2) is 13.0. The highest BCUT2D eigenvalue weighted by atomic mass is 35.5. The summed E-state index contributed by atoms with van der Waals surface area (Å²) in [6.45, 7) is 4.55. The number of halogens is 2. The van der Waals surface area contributed by atoms with Crippen molar-refractivity contribution in [1.82, 2.24) is 24.8 Å². The predicted molar refractivity (Wildman–Crippen MR) is 150 cm³/mol. The predicted octanol–water partition coefficient (Wildman–Crippen LogP) is 4.02. The third-order valence-electron chi connectivity index (χ3n) is 6.83. The minimum Gasteiger partial charge on any atom is -0.465 e. The molecule has 2 aliphatic rings. The van der Waals surface area contributed by atoms with Crippen LogP contribution in [-0.4, -0.2) is 99.6 Å². The summed E-state index contributed by atoms with van der Waals surface area (Å²) in [6.07, 6.45) is 2.84. The van der Waals surface area contributed by atoms with Crippen molar-refractivity contribution in [2.75, 3.05) is 57.4 Å². The van der Waals surface area contributed by atoms with Gasteiger partial charge in [0.1, 0.15) is 0 Å². The molecule has 11 nitrogen and oxygen atoms in total. The lowest BCUT2D eigenvalue weighted by Gasteiger charge is -2.32. The van der Waals surface area contributed by atoms with Gasteiger partial charge in [0.2, 0.25) is 11.8 Å². The van der Waals surface area contributed by atoms with Crippen LogP contribution in [0.2, 0.25) is 10.0 Å². The number of rotatable bonds is 7. The normalized spacial score (nSPS) is 18.4. The standard InChI is InChI=1S/C27H30Cl2N6O5/c28-20-11-19(12-21(29)13-20)24-9-18(16-33-2-1-22(17-36)39-8-7-33)10-25(32-24)40-23-14-30-26(31-15-23)34-3-5-35(6-4-34)27(37)38/h9-15,22,36H,1-8,16-17H2,(H,37,38). The van der Waals surface area contributed by atoms with Crippen molar-refractivity contribution in [2.45, 2.75) is 19.1 Å². The van der Waals surface area contributed by atoms with Gasteiger partial charge in [-0.3, -0.25) is 4.90 Å². The summed E-state index contributed by atoms with van der Waals surface area (Å²) in [5, 5.41) is 19.6. The maximum absolute atomic E-state index is 11.2. The van der Waals surface area contributed by atoms with Gasteiger partial charge in [0.15, 0.2) is 5.75 Å². The molecule has 0 bridgehead atoms. The first-order chi connectivity index (χ1) is 19.4. The summed E-state index contributed by atoms with van der Waals surface area (Å²) in [5.74, 6) is 1.30. The molecule has 1 amide bonds. The zero-order chi connectivity index (χ0) is 28.1. The Morgan fingerprint density at radius 1 is 1.00 bits per heavy atom. The number of ether oxygens (including phenoxy) is 2. The number of benzene rings is 1. The van der Waals surface area contributed by atoms with E-state index in [2.05, 4.69) is 14.9 Å². The summed E-state index contributed by atoms with van der Waals surface area (Å²) in [4.78, 5) is 30.3. The number of piperazine rings is 1. The SMILES string of the molecule is O=C(O)N1CCN(c2ncc(Oc3cc(CN4CCOC(CO)CC4)cc(-c4cc(Cl)cc(Cl)c4)n3)cn2)CC1. The van der Waals surface area contributed by atoms with Crippen LogP contribution in [0.1, 0.15) is 12.0 Å². The maximum Gasteiger partial charge on any atom is 0.407 e. The van der Waals surface area contributed by atoms with Crippen LogP contribution in [0, 0.1) is 0 Å². The van der Waals surface area contributed by atoms with Crippen LogP contribution in [-0.2, 0) is 11.3 Å². The number of anilines is 1. The topological polar surface area (TPSA) is 124 Å². The summed E-state index contributed by atoms with van der Waals surface area (Å²) in [7, 11) is 0. The molecule has 5 rings (SSSR count). The highest BCUT2D eigenvalue weighted by molar-refractivity contribution is 6.35. The molecule has 2 aromatic heterocycles. The molecule has 0 spiro atoms. The number of carbonyl (C=O) groups is 1. The number of aliphatic hydroxyl groups excluding tert-OH is 1. The molecule has 13 heteroatoms. The second-order valence-electron chi connectivity index (χ2n) is 9.67. The molecular formula is C27H30Cl2N6O5. The average Bonchev–Trinajstić information content (AvgIpc) is 3.18. The highest BCUT2D eigenvalue weighted by Gasteiger charge is 2.22. The molecule has 0 saturated carbocycles. The third kappa shape index (κ3) is 7.29. The van der Waals surface area contributed by atoms with E-state index in [1.807, 2.05) is 17.0 Å². The van der Waals surface area contributed by atoms with Gasteiger partial charge >= 0.3 is 6.09 Å². The Morgan fingerprint density at radius 3 is 2.40 bits per heavy atom. The second-order valence-corrected chi connectivity index (χ2v) is 10.5. The zero-order valence-electron chi connectivity index (χ0n) is 21.7. The van der Waals surface area contributed by atoms with E-state index in [9.17, 15) is 9.90 Å². The van der Waals surface area contributed by atoms with Crippen molar-refractivity contribution in [3.63, 3.8) is 0 Å². The largest absolute Gasteiger partial charge is 0.465 e. The molecule has 1 unspecified atom stereocenters. The molecule has 4 heterocycles. The number of hydrogen-bond donors (Lipinski definition) is 2. The van der Waals surface area contributed by atoms with Gasteiger partial charge in [0.25, 0.3) is 0 Å². The van der Waals surface area contributed by atoms with E-state index in [-0.39, 0.29) is 12.7 Å². The smallest absolute Gasteiger partial charge is 0.407 e. The number of aromatic nitrogens is 3. The molecule has 0 radical (unpaired) electrons. The first-order valence-electron chi connectivity index (χ1n) is 13.0. The molecule has 2 N–H and O–H groups in total. The first kappa shape index (κ1) is 28.3. The summed E-state index contributed by atoms with van der Waals surface area (Å²) in [6, 6.07) is 9.14. The fourth-order valence-corrected chi connectivity index (χ4v) is 5.25. The van der Waals surface area contributed by atoms with Crippen molar-refractivity contribution >= 4 is 35.2 Å². The van der Waals surface area contributed by atoms with Gasteiger partial charge in [-0.1, -0.05) is 23.2 Å². The summed E-state index contributed by atoms with van der Waals surface area (Å²) < 4.78 is 11.8. The lowest BCUT2D eigenvalue weighted by atomic mass is 10.1. The van der Waals surface area contributed by atoms with Gasteiger partial charge < -0.3 is 29.5 Å². The number of pyridine rings is 1. The van der Waals surface area contributed by atoms with Crippen LogP contribution < -0.4 is 9.64 Å². The van der Waals surface area contributed by atoms with E-state index in [4.69, 9.17) is 42.8 Å². The molecule has 2 aliphatic heterocycles. The van der Waals surface area contributed by atoms with Gasteiger partial charge in [-0.2, -0.15) is 0 Å². The van der Waals surface area contributed by atoms with E-state index in [1.165, 1.54) is 4.90 Å². The van der Waals surface area contributed by atoms with Crippen molar-refractivity contribution in [1.29, 1.82) is 0 Å². The summed E-state index contributed by atoms with van der Waals surface area (Å²) in [5.41, 5.74) is 2.40. The number of hydrogen-bond acceptors (Lipinski definition) is 9. The van der Waals surface area contributed by atoms with Gasteiger partial charge in [0.05, 0.1) is 37.4 Å². The Labute approximate surface area is 241 Å². The van der Waals surface area contributed by atoms with Crippen LogP contribution in [0.3, 0.4) is 0 Å². The highest BCUT2D eigenvalue weighted by Crippen LogP contribution is 2.30. The molecule has 0 aliphatic carbocycles. The van der Waals surface area contributed by atoms with Gasteiger partial charge in [-0.15, -0.1) is 0 Å².